The molecule has 0 aliphatic carbocycles. The topological polar surface area (TPSA) is 110 Å². The van der Waals surface area contributed by atoms with Crippen LogP contribution in [0.4, 0.5) is 0 Å². The summed E-state index contributed by atoms with van der Waals surface area (Å²) in [7, 11) is 0. The molecule has 2 N–H and O–H groups in total. The maximum absolute atomic E-state index is 11.7. The molecule has 0 unspecified atom stereocenters. The quantitative estimate of drug-likeness (QED) is 0.206. The van der Waals surface area contributed by atoms with Crippen LogP contribution >= 0.6 is 0 Å². The van der Waals surface area contributed by atoms with E-state index >= 15 is 0 Å². The molecular weight excluding hydrogens is 398 g/mol. The molecule has 1 amide bonds. The molecule has 0 aliphatic rings. The van der Waals surface area contributed by atoms with E-state index in [0.29, 0.717) is 19.4 Å². The van der Waals surface area contributed by atoms with Gasteiger partial charge >= 0.3 is 11.9 Å². The first-order valence-corrected chi connectivity index (χ1v) is 11.1. The maximum atomic E-state index is 11.7. The Morgan fingerprint density at radius 1 is 0.903 bits per heavy atom. The molecule has 1 atom stereocenters. The fourth-order valence-corrected chi connectivity index (χ4v) is 3.10. The third-order valence-corrected chi connectivity index (χ3v) is 4.97. The molecule has 1 rings (SSSR count). The van der Waals surface area contributed by atoms with Crippen molar-refractivity contribution in [3.63, 3.8) is 0 Å². The van der Waals surface area contributed by atoms with Crippen molar-refractivity contribution in [3.05, 3.63) is 35.9 Å². The molecule has 7 nitrogen and oxygen atoms in total. The first-order valence-electron chi connectivity index (χ1n) is 11.1. The Labute approximate surface area is 184 Å². The van der Waals surface area contributed by atoms with E-state index in [4.69, 9.17) is 9.84 Å². The van der Waals surface area contributed by atoms with E-state index in [1.807, 2.05) is 30.3 Å². The molecule has 0 aromatic heterocycles. The number of carboxylic acids is 1. The fraction of sp³-hybridized carbons (Fsp3) is 0.583. The van der Waals surface area contributed by atoms with Crippen LogP contribution in [0.15, 0.2) is 30.3 Å². The minimum Gasteiger partial charge on any atom is -0.481 e. The number of carboxylic acid groups (broad SMARTS) is 1. The van der Waals surface area contributed by atoms with E-state index in [-0.39, 0.29) is 24.8 Å². The van der Waals surface area contributed by atoms with Gasteiger partial charge in [-0.05, 0) is 24.8 Å². The van der Waals surface area contributed by atoms with Gasteiger partial charge in [0.1, 0.15) is 12.5 Å². The van der Waals surface area contributed by atoms with Gasteiger partial charge in [-0.2, -0.15) is 0 Å². The molecule has 0 aliphatic heterocycles. The highest BCUT2D eigenvalue weighted by atomic mass is 16.5. The van der Waals surface area contributed by atoms with E-state index in [1.54, 1.807) is 0 Å². The molecule has 31 heavy (non-hydrogen) atoms. The van der Waals surface area contributed by atoms with Crippen LogP contribution in [0, 0.1) is 5.92 Å². The van der Waals surface area contributed by atoms with Gasteiger partial charge in [0.25, 0.3) is 0 Å². The van der Waals surface area contributed by atoms with Gasteiger partial charge in [0.15, 0.2) is 0 Å². The second-order valence-corrected chi connectivity index (χ2v) is 7.62. The van der Waals surface area contributed by atoms with Gasteiger partial charge in [0.2, 0.25) is 12.2 Å². The van der Waals surface area contributed by atoms with Crippen LogP contribution in [0.1, 0.15) is 76.2 Å². The fourth-order valence-electron chi connectivity index (χ4n) is 3.10. The molecule has 171 valence electrons. The van der Waals surface area contributed by atoms with Gasteiger partial charge in [0, 0.05) is 19.4 Å². The summed E-state index contributed by atoms with van der Waals surface area (Å²) in [4.78, 5) is 44.5. The third-order valence-electron chi connectivity index (χ3n) is 4.97. The zero-order chi connectivity index (χ0) is 22.7. The van der Waals surface area contributed by atoms with E-state index in [0.717, 1.165) is 56.9 Å². The zero-order valence-corrected chi connectivity index (χ0v) is 18.1. The van der Waals surface area contributed by atoms with Gasteiger partial charge < -0.3 is 15.2 Å². The minimum atomic E-state index is -1.22. The number of carbonyl (C=O) groups excluding carboxylic acids is 3. The van der Waals surface area contributed by atoms with Gasteiger partial charge in [-0.25, -0.2) is 0 Å². The largest absolute Gasteiger partial charge is 0.481 e. The molecule has 0 saturated heterocycles. The molecule has 1 aromatic carbocycles. The normalized spacial score (nSPS) is 11.5. The highest BCUT2D eigenvalue weighted by Crippen LogP contribution is 2.11. The van der Waals surface area contributed by atoms with Crippen molar-refractivity contribution in [1.29, 1.82) is 0 Å². The van der Waals surface area contributed by atoms with Crippen LogP contribution < -0.4 is 5.32 Å². The summed E-state index contributed by atoms with van der Waals surface area (Å²) in [6, 6.07) is 9.65. The van der Waals surface area contributed by atoms with Crippen molar-refractivity contribution in [2.24, 2.45) is 5.92 Å². The van der Waals surface area contributed by atoms with E-state index in [9.17, 15) is 19.2 Å². The molecule has 0 spiro atoms. The SMILES string of the molecule is O=[C][C@H](CCNC(=O)CCCCCCCCCCC(=O)OCc1ccccc1)C(=O)O. The van der Waals surface area contributed by atoms with E-state index in [2.05, 4.69) is 5.32 Å². The lowest BCUT2D eigenvalue weighted by Crippen LogP contribution is -2.28. The van der Waals surface area contributed by atoms with E-state index in [1.165, 1.54) is 6.29 Å². The summed E-state index contributed by atoms with van der Waals surface area (Å²) in [6.07, 6.45) is 10.4. The Morgan fingerprint density at radius 2 is 1.48 bits per heavy atom. The zero-order valence-electron chi connectivity index (χ0n) is 18.1. The number of hydrogen-bond acceptors (Lipinski definition) is 5. The molecule has 0 saturated carbocycles. The van der Waals surface area contributed by atoms with Gasteiger partial charge in [-0.3, -0.25) is 19.2 Å². The highest BCUT2D eigenvalue weighted by Gasteiger charge is 2.17. The van der Waals surface area contributed by atoms with Crippen molar-refractivity contribution in [2.45, 2.75) is 77.2 Å². The van der Waals surface area contributed by atoms with Crippen LogP contribution in [0.25, 0.3) is 0 Å². The van der Waals surface area contributed by atoms with Gasteiger partial charge in [-0.15, -0.1) is 0 Å². The number of hydrogen-bond donors (Lipinski definition) is 2. The molecule has 0 bridgehead atoms. The molecular formula is C24H34NO6. The van der Waals surface area contributed by atoms with Crippen LogP contribution in [-0.4, -0.2) is 35.8 Å². The Bertz CT molecular complexity index is 661. The lowest BCUT2D eigenvalue weighted by Gasteiger charge is -2.07. The Hall–Kier alpha value is -2.70. The third kappa shape index (κ3) is 14.0. The van der Waals surface area contributed by atoms with Crippen molar-refractivity contribution in [2.75, 3.05) is 6.54 Å². The first kappa shape index (κ1) is 26.3. The van der Waals surface area contributed by atoms with Crippen molar-refractivity contribution < 1.29 is 29.0 Å². The Balaban J connectivity index is 1.87. The maximum Gasteiger partial charge on any atom is 0.314 e. The second kappa shape index (κ2) is 17.0. The summed E-state index contributed by atoms with van der Waals surface area (Å²) in [6.45, 7) is 0.503. The predicted octanol–water partition coefficient (Wildman–Crippen LogP) is 3.95. The molecule has 0 heterocycles. The van der Waals surface area contributed by atoms with Crippen LogP contribution in [0.5, 0.6) is 0 Å². The summed E-state index contributed by atoms with van der Waals surface area (Å²) in [5, 5.41) is 11.4. The summed E-state index contributed by atoms with van der Waals surface area (Å²) < 4.78 is 5.26. The second-order valence-electron chi connectivity index (χ2n) is 7.62. The number of benzene rings is 1. The average molecular weight is 433 g/mol. The summed E-state index contributed by atoms with van der Waals surface area (Å²) >= 11 is 0. The molecule has 0 fully saturated rings. The lowest BCUT2D eigenvalue weighted by molar-refractivity contribution is -0.145. The standard InChI is InChI=1S/C24H34NO6/c26-18-21(24(29)30)16-17-25-22(27)14-10-5-3-1-2-4-6-11-15-23(28)31-19-20-12-8-7-9-13-20/h7-9,12-13,21H,1-6,10-11,14-17,19H2,(H,25,27)(H,29,30)/t21-/m0/s1. The van der Waals surface area contributed by atoms with Gasteiger partial charge in [-0.1, -0.05) is 68.9 Å². The lowest BCUT2D eigenvalue weighted by atomic mass is 10.1. The smallest absolute Gasteiger partial charge is 0.314 e. The van der Waals surface area contributed by atoms with Crippen molar-refractivity contribution in [3.8, 4) is 0 Å². The predicted molar refractivity (Wildman–Crippen MR) is 117 cm³/mol. The van der Waals surface area contributed by atoms with Crippen LogP contribution in [0.2, 0.25) is 0 Å². The molecule has 1 aromatic rings. The van der Waals surface area contributed by atoms with Gasteiger partial charge in [0.05, 0.1) is 0 Å². The van der Waals surface area contributed by atoms with Crippen molar-refractivity contribution >= 4 is 24.1 Å². The number of esters is 1. The van der Waals surface area contributed by atoms with Crippen LogP contribution in [-0.2, 0) is 30.5 Å². The number of amides is 1. The number of aliphatic carboxylic acids is 1. The summed E-state index contributed by atoms with van der Waals surface area (Å²) in [5.41, 5.74) is 0.997. The number of nitrogens with one attached hydrogen (secondary N) is 1. The first-order chi connectivity index (χ1) is 15.0. The van der Waals surface area contributed by atoms with Crippen LogP contribution in [0.3, 0.4) is 0 Å². The monoisotopic (exact) mass is 432 g/mol. The van der Waals surface area contributed by atoms with E-state index < -0.39 is 11.9 Å². The summed E-state index contributed by atoms with van der Waals surface area (Å²) in [5.74, 6) is -2.66. The number of unbranched alkanes of at least 4 members (excludes halogenated alkanes) is 7. The average Bonchev–Trinajstić information content (AvgIpc) is 2.77. The number of ether oxygens (including phenoxy) is 1. The number of carbonyl (C=O) groups is 3. The van der Waals surface area contributed by atoms with Crippen molar-refractivity contribution in [1.82, 2.24) is 5.32 Å². The Kier molecular flexibility index (Phi) is 14.5. The molecule has 1 radical (unpaired) electrons. The minimum absolute atomic E-state index is 0.0648. The highest BCUT2D eigenvalue weighted by molar-refractivity contribution is 5.86. The number of rotatable bonds is 18. The molecule has 7 heteroatoms. The Morgan fingerprint density at radius 3 is 2.06 bits per heavy atom.